The van der Waals surface area contributed by atoms with E-state index in [9.17, 15) is 27.6 Å². The van der Waals surface area contributed by atoms with Crippen LogP contribution in [0.5, 0.6) is 0 Å². The van der Waals surface area contributed by atoms with Crippen molar-refractivity contribution in [1.82, 2.24) is 0 Å². The Balaban J connectivity index is 0.000000437. The second kappa shape index (κ2) is 13.7. The molecular weight excluding hydrogens is 516 g/mol. The number of aryl methyl sites for hydroxylation is 1. The van der Waals surface area contributed by atoms with Crippen molar-refractivity contribution in [1.29, 1.82) is 0 Å². The molecule has 1 aromatic rings. The number of ether oxygens (including phenoxy) is 3. The molecule has 1 aliphatic rings. The molecule has 2 rings (SSSR count). The van der Waals surface area contributed by atoms with Crippen LogP contribution in [0.25, 0.3) is 0 Å². The molecule has 0 aromatic heterocycles. The number of esters is 3. The Kier molecular flexibility index (Phi) is 11.9. The van der Waals surface area contributed by atoms with Crippen molar-refractivity contribution >= 4 is 33.8 Å². The Labute approximate surface area is 224 Å². The van der Waals surface area contributed by atoms with Gasteiger partial charge in [-0.05, 0) is 78.7 Å². The maximum Gasteiger partial charge on any atom is 0.322 e. The van der Waals surface area contributed by atoms with E-state index in [4.69, 9.17) is 18.4 Å². The highest BCUT2D eigenvalue weighted by molar-refractivity contribution is 7.86. The fraction of sp³-hybridized carbons (Fsp3) is 0.556. The van der Waals surface area contributed by atoms with E-state index in [1.54, 1.807) is 45.1 Å². The maximum atomic E-state index is 12.3. The first-order valence-electron chi connectivity index (χ1n) is 12.1. The summed E-state index contributed by atoms with van der Waals surface area (Å²) >= 11 is 0. The predicted molar refractivity (Wildman–Crippen MR) is 138 cm³/mol. The Morgan fingerprint density at radius 1 is 0.842 bits per heavy atom. The average molecular weight is 555 g/mol. The minimum atomic E-state index is -4.08. The summed E-state index contributed by atoms with van der Waals surface area (Å²) in [6, 6.07) is 6.08. The standard InChI is InChI=1S/C17H24O6S.C10H14O4/c1-12-7-9-14(10-8-12)24(20,21)22-11-17(6,13(2)18)15(19)23-16(3,4)5;1-7(11)13-9-3-5-10(6-4-9)14-8(2)12/h7-10H,11H2,1-6H3;3,5,9-10H,4,6H2,1-2H3. The van der Waals surface area contributed by atoms with Gasteiger partial charge in [-0.25, -0.2) is 0 Å². The van der Waals surface area contributed by atoms with Gasteiger partial charge in [0.1, 0.15) is 29.0 Å². The van der Waals surface area contributed by atoms with Gasteiger partial charge in [0, 0.05) is 13.8 Å². The van der Waals surface area contributed by atoms with Gasteiger partial charge in [-0.15, -0.1) is 0 Å². The van der Waals surface area contributed by atoms with E-state index < -0.39 is 39.5 Å². The van der Waals surface area contributed by atoms with Crippen LogP contribution in [0.4, 0.5) is 0 Å². The van der Waals surface area contributed by atoms with E-state index in [2.05, 4.69) is 0 Å². The van der Waals surface area contributed by atoms with Gasteiger partial charge in [-0.2, -0.15) is 8.42 Å². The molecular formula is C27H38O10S. The summed E-state index contributed by atoms with van der Waals surface area (Å²) < 4.78 is 44.6. The van der Waals surface area contributed by atoms with Crippen LogP contribution in [0.1, 0.15) is 66.9 Å². The van der Waals surface area contributed by atoms with Gasteiger partial charge in [-0.3, -0.25) is 23.4 Å². The van der Waals surface area contributed by atoms with Crippen molar-refractivity contribution in [2.45, 2.75) is 90.9 Å². The Hall–Kier alpha value is -3.05. The Morgan fingerprint density at radius 3 is 1.63 bits per heavy atom. The number of benzene rings is 1. The highest BCUT2D eigenvalue weighted by atomic mass is 32.2. The molecule has 0 aliphatic heterocycles. The zero-order valence-electron chi connectivity index (χ0n) is 23.2. The van der Waals surface area contributed by atoms with Crippen LogP contribution in [0.15, 0.2) is 41.3 Å². The summed E-state index contributed by atoms with van der Waals surface area (Å²) in [5.74, 6) is -1.92. The summed E-state index contributed by atoms with van der Waals surface area (Å²) in [7, 11) is -4.08. The molecule has 212 valence electrons. The highest BCUT2D eigenvalue weighted by Gasteiger charge is 2.43. The Morgan fingerprint density at radius 2 is 1.29 bits per heavy atom. The number of rotatable bonds is 8. The van der Waals surface area contributed by atoms with E-state index in [0.717, 1.165) is 5.56 Å². The molecule has 0 N–H and O–H groups in total. The molecule has 0 fully saturated rings. The van der Waals surface area contributed by atoms with Crippen LogP contribution in [0, 0.1) is 12.3 Å². The molecule has 11 heteroatoms. The first-order chi connectivity index (χ1) is 17.4. The lowest BCUT2D eigenvalue weighted by Crippen LogP contribution is -2.44. The fourth-order valence-electron chi connectivity index (χ4n) is 3.06. The number of carbonyl (C=O) groups is 4. The number of hydrogen-bond acceptors (Lipinski definition) is 10. The molecule has 3 unspecified atom stereocenters. The summed E-state index contributed by atoms with van der Waals surface area (Å²) in [6.45, 7) is 11.5. The lowest BCUT2D eigenvalue weighted by atomic mass is 9.87. The summed E-state index contributed by atoms with van der Waals surface area (Å²) in [6.07, 6.45) is 4.60. The normalized spacial score (nSPS) is 18.7. The molecule has 1 aliphatic carbocycles. The minimum Gasteiger partial charge on any atom is -0.459 e. The predicted octanol–water partition coefficient (Wildman–Crippen LogP) is 3.84. The van der Waals surface area contributed by atoms with Gasteiger partial charge >= 0.3 is 17.9 Å². The van der Waals surface area contributed by atoms with E-state index in [1.165, 1.54) is 39.8 Å². The summed E-state index contributed by atoms with van der Waals surface area (Å²) in [5.41, 5.74) is -1.61. The lowest BCUT2D eigenvalue weighted by molar-refractivity contribution is -0.170. The lowest BCUT2D eigenvalue weighted by Gasteiger charge is -2.29. The number of ketones is 1. The highest BCUT2D eigenvalue weighted by Crippen LogP contribution is 2.26. The van der Waals surface area contributed by atoms with Crippen LogP contribution < -0.4 is 0 Å². The van der Waals surface area contributed by atoms with Crippen LogP contribution in [0.3, 0.4) is 0 Å². The summed E-state index contributed by atoms with van der Waals surface area (Å²) in [5, 5.41) is 0. The third kappa shape index (κ3) is 11.1. The summed E-state index contributed by atoms with van der Waals surface area (Å²) in [4.78, 5) is 45.4. The molecule has 3 atom stereocenters. The van der Waals surface area contributed by atoms with E-state index in [-0.39, 0.29) is 29.0 Å². The van der Waals surface area contributed by atoms with Gasteiger partial charge in [-0.1, -0.05) is 17.7 Å². The molecule has 0 saturated carbocycles. The van der Waals surface area contributed by atoms with Gasteiger partial charge in [0.25, 0.3) is 10.1 Å². The fourth-order valence-corrected chi connectivity index (χ4v) is 4.05. The molecule has 0 saturated heterocycles. The Bertz CT molecular complexity index is 1100. The quantitative estimate of drug-likeness (QED) is 0.153. The second-order valence-electron chi connectivity index (χ2n) is 10.2. The van der Waals surface area contributed by atoms with Crippen molar-refractivity contribution in [2.75, 3.05) is 6.61 Å². The average Bonchev–Trinajstić information content (AvgIpc) is 2.77. The molecule has 10 nitrogen and oxygen atoms in total. The van der Waals surface area contributed by atoms with Crippen molar-refractivity contribution in [3.05, 3.63) is 42.0 Å². The third-order valence-electron chi connectivity index (χ3n) is 5.35. The van der Waals surface area contributed by atoms with Crippen molar-refractivity contribution in [3.63, 3.8) is 0 Å². The van der Waals surface area contributed by atoms with E-state index >= 15 is 0 Å². The molecule has 38 heavy (non-hydrogen) atoms. The maximum absolute atomic E-state index is 12.3. The van der Waals surface area contributed by atoms with Crippen molar-refractivity contribution < 1.29 is 46.0 Å². The SMILES string of the molecule is CC(=O)C(C)(COS(=O)(=O)c1ccc(C)cc1)C(=O)OC(C)(C)C.CC(=O)OC1C=CC(OC(C)=O)CC1. The van der Waals surface area contributed by atoms with Crippen molar-refractivity contribution in [2.24, 2.45) is 5.41 Å². The largest absolute Gasteiger partial charge is 0.459 e. The molecule has 0 spiro atoms. The topological polar surface area (TPSA) is 139 Å². The van der Waals surface area contributed by atoms with Crippen LogP contribution in [0.2, 0.25) is 0 Å². The number of carbonyl (C=O) groups excluding carboxylic acids is 4. The van der Waals surface area contributed by atoms with Gasteiger partial charge in [0.15, 0.2) is 0 Å². The molecule has 0 heterocycles. The minimum absolute atomic E-state index is 0.0387. The zero-order chi connectivity index (χ0) is 29.3. The third-order valence-corrected chi connectivity index (χ3v) is 6.63. The molecule has 0 radical (unpaired) electrons. The second-order valence-corrected chi connectivity index (χ2v) is 11.8. The van der Waals surface area contributed by atoms with Gasteiger partial charge in [0.05, 0.1) is 11.5 Å². The van der Waals surface area contributed by atoms with Crippen LogP contribution in [-0.4, -0.2) is 56.5 Å². The smallest absolute Gasteiger partial charge is 0.322 e. The molecule has 1 aromatic carbocycles. The van der Waals surface area contributed by atoms with Crippen molar-refractivity contribution in [3.8, 4) is 0 Å². The van der Waals surface area contributed by atoms with Gasteiger partial charge < -0.3 is 14.2 Å². The van der Waals surface area contributed by atoms with E-state index in [1.807, 2.05) is 6.92 Å². The number of hydrogen-bond donors (Lipinski definition) is 0. The first-order valence-corrected chi connectivity index (χ1v) is 13.5. The van der Waals surface area contributed by atoms with E-state index in [0.29, 0.717) is 12.8 Å². The zero-order valence-corrected chi connectivity index (χ0v) is 24.0. The molecule has 0 amide bonds. The van der Waals surface area contributed by atoms with Crippen LogP contribution >= 0.6 is 0 Å². The van der Waals surface area contributed by atoms with Crippen LogP contribution in [-0.2, 0) is 47.7 Å². The first kappa shape index (κ1) is 33.0. The monoisotopic (exact) mass is 554 g/mol. The molecule has 0 bridgehead atoms. The van der Waals surface area contributed by atoms with Gasteiger partial charge in [0.2, 0.25) is 0 Å². The number of Topliss-reactive ketones (excluding diaryl/α,β-unsaturated/α-hetero) is 1.